The van der Waals surface area contributed by atoms with Gasteiger partial charge in [-0.3, -0.25) is 0 Å². The van der Waals surface area contributed by atoms with Crippen LogP contribution in [0, 0.1) is 6.92 Å². The highest BCUT2D eigenvalue weighted by molar-refractivity contribution is 7.80. The average Bonchev–Trinajstić information content (AvgIpc) is 3.17. The van der Waals surface area contributed by atoms with Gasteiger partial charge in [0.25, 0.3) is 0 Å². The summed E-state index contributed by atoms with van der Waals surface area (Å²) < 4.78 is 7.77. The molecule has 0 radical (unpaired) electrons. The Kier molecular flexibility index (Phi) is 4.86. The van der Waals surface area contributed by atoms with Crippen molar-refractivity contribution in [1.82, 2.24) is 9.47 Å². The van der Waals surface area contributed by atoms with Crippen molar-refractivity contribution < 1.29 is 4.74 Å². The van der Waals surface area contributed by atoms with Crippen LogP contribution < -0.4 is 10.1 Å². The third-order valence-corrected chi connectivity index (χ3v) is 5.38. The Bertz CT molecular complexity index is 948. The van der Waals surface area contributed by atoms with Gasteiger partial charge in [0.05, 0.1) is 18.8 Å². The Labute approximate surface area is 165 Å². The van der Waals surface area contributed by atoms with Crippen molar-refractivity contribution in [2.24, 2.45) is 0 Å². The zero-order valence-corrected chi connectivity index (χ0v) is 16.4. The number of nitrogens with zero attached hydrogens (tertiary/aromatic N) is 2. The summed E-state index contributed by atoms with van der Waals surface area (Å²) in [5, 5.41) is 4.09. The topological polar surface area (TPSA) is 29.4 Å². The number of rotatable bonds is 3. The fourth-order valence-corrected chi connectivity index (χ4v) is 3.94. The van der Waals surface area contributed by atoms with Gasteiger partial charge >= 0.3 is 0 Å². The van der Waals surface area contributed by atoms with Crippen molar-refractivity contribution in [3.63, 3.8) is 0 Å². The lowest BCUT2D eigenvalue weighted by Crippen LogP contribution is -2.44. The van der Waals surface area contributed by atoms with E-state index >= 15 is 0 Å². The maximum Gasteiger partial charge on any atom is 0.174 e. The highest BCUT2D eigenvalue weighted by Crippen LogP contribution is 2.34. The van der Waals surface area contributed by atoms with E-state index in [0.29, 0.717) is 5.11 Å². The van der Waals surface area contributed by atoms with E-state index in [2.05, 4.69) is 64.3 Å². The number of aryl methyl sites for hydroxylation is 1. The average molecular weight is 378 g/mol. The Morgan fingerprint density at radius 2 is 1.81 bits per heavy atom. The summed E-state index contributed by atoms with van der Waals surface area (Å²) in [6.07, 6.45) is 2.14. The van der Waals surface area contributed by atoms with Gasteiger partial charge in [-0.2, -0.15) is 0 Å². The molecule has 0 unspecified atom stereocenters. The number of anilines is 1. The number of para-hydroxylation sites is 2. The van der Waals surface area contributed by atoms with E-state index in [4.69, 9.17) is 17.0 Å². The van der Waals surface area contributed by atoms with Gasteiger partial charge in [-0.15, -0.1) is 0 Å². The van der Waals surface area contributed by atoms with Crippen molar-refractivity contribution in [2.75, 3.05) is 19.0 Å². The quantitative estimate of drug-likeness (QED) is 0.675. The fourth-order valence-electron chi connectivity index (χ4n) is 3.64. The van der Waals surface area contributed by atoms with Crippen LogP contribution in [0.4, 0.5) is 5.69 Å². The van der Waals surface area contributed by atoms with Gasteiger partial charge in [-0.05, 0) is 49.0 Å². The second-order valence-corrected chi connectivity index (χ2v) is 7.15. The Balaban J connectivity index is 1.68. The first kappa shape index (κ1) is 17.6. The monoisotopic (exact) mass is 377 g/mol. The van der Waals surface area contributed by atoms with Gasteiger partial charge in [0.2, 0.25) is 0 Å². The largest absolute Gasteiger partial charge is 0.495 e. The standard InChI is InChI=1S/C22H23N3OS/c1-16-9-11-17(12-10-16)21-19-7-5-13-24(19)14-15-25(21)22(27)23-18-6-3-4-8-20(18)26-2/h3-13,21H,14-15H2,1-2H3,(H,23,27)/t21-/m0/s1. The van der Waals surface area contributed by atoms with Gasteiger partial charge in [-0.1, -0.05) is 42.0 Å². The summed E-state index contributed by atoms with van der Waals surface area (Å²) in [6.45, 7) is 3.87. The van der Waals surface area contributed by atoms with Crippen molar-refractivity contribution in [1.29, 1.82) is 0 Å². The molecule has 0 bridgehead atoms. The van der Waals surface area contributed by atoms with E-state index in [1.807, 2.05) is 24.3 Å². The van der Waals surface area contributed by atoms with Crippen LogP contribution in [-0.4, -0.2) is 28.2 Å². The molecule has 1 N–H and O–H groups in total. The van der Waals surface area contributed by atoms with Crippen LogP contribution in [0.2, 0.25) is 0 Å². The number of aromatic nitrogens is 1. The number of thiocarbonyl (C=S) groups is 1. The molecule has 1 aliphatic heterocycles. The van der Waals surface area contributed by atoms with Gasteiger partial charge in [0.15, 0.2) is 5.11 Å². The van der Waals surface area contributed by atoms with Crippen molar-refractivity contribution >= 4 is 23.0 Å². The van der Waals surface area contributed by atoms with Crippen LogP contribution >= 0.6 is 12.2 Å². The molecule has 4 nitrogen and oxygen atoms in total. The molecule has 2 aromatic carbocycles. The zero-order valence-electron chi connectivity index (χ0n) is 15.6. The fraction of sp³-hybridized carbons (Fsp3) is 0.227. The van der Waals surface area contributed by atoms with Crippen molar-refractivity contribution in [2.45, 2.75) is 19.5 Å². The summed E-state index contributed by atoms with van der Waals surface area (Å²) in [7, 11) is 1.67. The van der Waals surface area contributed by atoms with Crippen LogP contribution in [0.1, 0.15) is 22.9 Å². The van der Waals surface area contributed by atoms with E-state index < -0.39 is 0 Å². The number of methoxy groups -OCH3 is 1. The first-order valence-electron chi connectivity index (χ1n) is 9.09. The molecule has 4 rings (SSSR count). The summed E-state index contributed by atoms with van der Waals surface area (Å²) in [4.78, 5) is 2.27. The molecule has 1 aromatic heterocycles. The summed E-state index contributed by atoms with van der Waals surface area (Å²) in [5.74, 6) is 0.784. The number of fused-ring (bicyclic) bond motifs is 1. The first-order valence-corrected chi connectivity index (χ1v) is 9.50. The number of hydrogen-bond donors (Lipinski definition) is 1. The molecule has 0 spiro atoms. The molecule has 5 heteroatoms. The summed E-state index contributed by atoms with van der Waals surface area (Å²) >= 11 is 5.82. The summed E-state index contributed by atoms with van der Waals surface area (Å²) in [5.41, 5.74) is 4.64. The second-order valence-electron chi connectivity index (χ2n) is 6.76. The van der Waals surface area contributed by atoms with E-state index in [1.54, 1.807) is 7.11 Å². The normalized spacial score (nSPS) is 15.9. The molecule has 3 aromatic rings. The van der Waals surface area contributed by atoms with Gasteiger partial charge in [0, 0.05) is 25.0 Å². The minimum Gasteiger partial charge on any atom is -0.495 e. The van der Waals surface area contributed by atoms with E-state index in [-0.39, 0.29) is 6.04 Å². The van der Waals surface area contributed by atoms with Crippen molar-refractivity contribution in [3.05, 3.63) is 83.7 Å². The molecule has 1 atom stereocenters. The van der Waals surface area contributed by atoms with Gasteiger partial charge < -0.3 is 19.5 Å². The molecule has 0 amide bonds. The lowest BCUT2D eigenvalue weighted by atomic mass is 9.99. The molecule has 138 valence electrons. The highest BCUT2D eigenvalue weighted by Gasteiger charge is 2.30. The molecular formula is C22H23N3OS. The third-order valence-electron chi connectivity index (χ3n) is 5.04. The summed E-state index contributed by atoms with van der Waals surface area (Å²) in [6, 6.07) is 20.9. The molecule has 1 aliphatic rings. The minimum absolute atomic E-state index is 0.0871. The Morgan fingerprint density at radius 1 is 1.04 bits per heavy atom. The van der Waals surface area contributed by atoms with Crippen molar-refractivity contribution in [3.8, 4) is 5.75 Å². The van der Waals surface area contributed by atoms with E-state index in [1.165, 1.54) is 16.8 Å². The predicted octanol–water partition coefficient (Wildman–Crippen LogP) is 4.61. The minimum atomic E-state index is 0.0871. The lowest BCUT2D eigenvalue weighted by Gasteiger charge is -2.39. The van der Waals surface area contributed by atoms with Crippen LogP contribution in [0.15, 0.2) is 66.9 Å². The third kappa shape index (κ3) is 3.43. The smallest absolute Gasteiger partial charge is 0.174 e. The van der Waals surface area contributed by atoms with Gasteiger partial charge in [-0.25, -0.2) is 0 Å². The molecule has 0 fully saturated rings. The Morgan fingerprint density at radius 3 is 2.59 bits per heavy atom. The number of nitrogens with one attached hydrogen (secondary N) is 1. The SMILES string of the molecule is COc1ccccc1NC(=S)N1CCn2cccc2[C@@H]1c1ccc(C)cc1. The molecule has 27 heavy (non-hydrogen) atoms. The highest BCUT2D eigenvalue weighted by atomic mass is 32.1. The van der Waals surface area contributed by atoms with Crippen LogP contribution in [0.25, 0.3) is 0 Å². The van der Waals surface area contributed by atoms with E-state index in [0.717, 1.165) is 24.5 Å². The molecule has 2 heterocycles. The molecular weight excluding hydrogens is 354 g/mol. The maximum absolute atomic E-state index is 5.82. The lowest BCUT2D eigenvalue weighted by molar-refractivity contribution is 0.293. The maximum atomic E-state index is 5.82. The number of ether oxygens (including phenoxy) is 1. The van der Waals surface area contributed by atoms with E-state index in [9.17, 15) is 0 Å². The Hall–Kier alpha value is -2.79. The zero-order chi connectivity index (χ0) is 18.8. The predicted molar refractivity (Wildman–Crippen MR) is 113 cm³/mol. The van der Waals surface area contributed by atoms with Crippen LogP contribution in [0.3, 0.4) is 0 Å². The molecule has 0 saturated heterocycles. The van der Waals surface area contributed by atoms with Gasteiger partial charge in [0.1, 0.15) is 5.75 Å². The number of hydrogen-bond acceptors (Lipinski definition) is 2. The molecule has 0 aliphatic carbocycles. The first-order chi connectivity index (χ1) is 13.2. The van der Waals surface area contributed by atoms with Crippen LogP contribution in [-0.2, 0) is 6.54 Å². The number of benzene rings is 2. The van der Waals surface area contributed by atoms with Crippen LogP contribution in [0.5, 0.6) is 5.75 Å². The second kappa shape index (κ2) is 7.45. The molecule has 0 saturated carbocycles.